The van der Waals surface area contributed by atoms with Gasteiger partial charge in [-0.25, -0.2) is 0 Å². The normalized spacial score (nSPS) is 12.1. The van der Waals surface area contributed by atoms with Crippen LogP contribution >= 0.6 is 11.3 Å². The van der Waals surface area contributed by atoms with Gasteiger partial charge in [-0.2, -0.15) is 0 Å². The molecule has 0 spiro atoms. The monoisotopic (exact) mass is 349 g/mol. The predicted molar refractivity (Wildman–Crippen MR) is 103 cm³/mol. The fourth-order valence-electron chi connectivity index (χ4n) is 3.27. The summed E-state index contributed by atoms with van der Waals surface area (Å²) in [6, 6.07) is 16.0. The third kappa shape index (κ3) is 2.63. The molecule has 126 valence electrons. The predicted octanol–water partition coefficient (Wildman–Crippen LogP) is 5.20. The van der Waals surface area contributed by atoms with Gasteiger partial charge < -0.3 is 9.64 Å². The van der Waals surface area contributed by atoms with E-state index in [1.54, 1.807) is 16.2 Å². The summed E-state index contributed by atoms with van der Waals surface area (Å²) in [6.45, 7) is 4.62. The number of rotatable bonds is 2. The van der Waals surface area contributed by atoms with Crippen LogP contribution in [0.5, 0.6) is 5.75 Å². The first-order chi connectivity index (χ1) is 12.1. The molecule has 2 aromatic carbocycles. The number of amides is 1. The zero-order valence-electron chi connectivity index (χ0n) is 14.5. The van der Waals surface area contributed by atoms with Crippen molar-refractivity contribution in [2.24, 2.45) is 0 Å². The quantitative estimate of drug-likeness (QED) is 0.636. The van der Waals surface area contributed by atoms with E-state index in [-0.39, 0.29) is 5.91 Å². The van der Waals surface area contributed by atoms with Gasteiger partial charge in [0.1, 0.15) is 12.4 Å². The topological polar surface area (TPSA) is 29.5 Å². The molecule has 0 bridgehead atoms. The van der Waals surface area contributed by atoms with E-state index in [1.807, 2.05) is 56.4 Å². The highest BCUT2D eigenvalue weighted by molar-refractivity contribution is 7.17. The van der Waals surface area contributed by atoms with Gasteiger partial charge in [0.05, 0.1) is 4.88 Å². The summed E-state index contributed by atoms with van der Waals surface area (Å²) in [5.74, 6) is 0.921. The number of fused-ring (bicyclic) bond motifs is 3. The van der Waals surface area contributed by atoms with E-state index in [2.05, 4.69) is 13.0 Å². The number of anilines is 1. The molecule has 0 saturated heterocycles. The summed E-state index contributed by atoms with van der Waals surface area (Å²) in [7, 11) is 1.83. The van der Waals surface area contributed by atoms with Crippen LogP contribution in [0.15, 0.2) is 48.5 Å². The largest absolute Gasteiger partial charge is 0.488 e. The van der Waals surface area contributed by atoms with Crippen molar-refractivity contribution in [1.82, 2.24) is 0 Å². The van der Waals surface area contributed by atoms with Gasteiger partial charge in [0.15, 0.2) is 0 Å². The number of carbonyl (C=O) groups is 1. The van der Waals surface area contributed by atoms with Crippen LogP contribution < -0.4 is 9.64 Å². The molecule has 1 aliphatic rings. The molecule has 0 aliphatic carbocycles. The number of hydrogen-bond acceptors (Lipinski definition) is 3. The van der Waals surface area contributed by atoms with Gasteiger partial charge >= 0.3 is 0 Å². The molecular formula is C21H19NO2S. The fraction of sp³-hybridized carbons (Fsp3) is 0.190. The van der Waals surface area contributed by atoms with Crippen LogP contribution in [0.25, 0.3) is 10.4 Å². The molecule has 0 unspecified atom stereocenters. The van der Waals surface area contributed by atoms with Gasteiger partial charge in [-0.1, -0.05) is 30.3 Å². The number of benzene rings is 2. The molecule has 4 rings (SSSR count). The Balaban J connectivity index is 1.74. The number of nitrogens with zero attached hydrogens (tertiary/aromatic N) is 1. The second kappa shape index (κ2) is 6.05. The highest BCUT2D eigenvalue weighted by atomic mass is 32.1. The third-order valence-electron chi connectivity index (χ3n) is 4.65. The van der Waals surface area contributed by atoms with Crippen LogP contribution in [0.2, 0.25) is 0 Å². The maximum atomic E-state index is 13.0. The summed E-state index contributed by atoms with van der Waals surface area (Å²) in [5.41, 5.74) is 5.40. The van der Waals surface area contributed by atoms with Crippen molar-refractivity contribution >= 4 is 22.9 Å². The molecule has 2 heterocycles. The van der Waals surface area contributed by atoms with E-state index < -0.39 is 0 Å². The number of aryl methyl sites for hydroxylation is 2. The maximum Gasteiger partial charge on any atom is 0.268 e. The standard InChI is InChI=1S/C21H19NO2S/c1-13-7-4-5-9-16(13)22(3)21(23)18-11-15-12-24-17-10-6-8-14(2)19(17)20(15)25-18/h4-11H,12H2,1-3H3. The second-order valence-corrected chi connectivity index (χ2v) is 7.40. The SMILES string of the molecule is Cc1ccccc1N(C)C(=O)c1cc2c(s1)-c1c(C)cccc1OC2. The van der Waals surface area contributed by atoms with Gasteiger partial charge in [-0.3, -0.25) is 4.79 Å². The minimum absolute atomic E-state index is 0.0174. The highest BCUT2D eigenvalue weighted by Gasteiger charge is 2.25. The Bertz CT molecular complexity index is 974. The lowest BCUT2D eigenvalue weighted by Crippen LogP contribution is -2.26. The van der Waals surface area contributed by atoms with Crippen molar-refractivity contribution < 1.29 is 9.53 Å². The Kier molecular flexibility index (Phi) is 3.85. The van der Waals surface area contributed by atoms with Crippen LogP contribution in [-0.4, -0.2) is 13.0 Å². The van der Waals surface area contributed by atoms with E-state index in [1.165, 1.54) is 5.56 Å². The van der Waals surface area contributed by atoms with E-state index >= 15 is 0 Å². The van der Waals surface area contributed by atoms with Gasteiger partial charge in [0, 0.05) is 28.7 Å². The van der Waals surface area contributed by atoms with Gasteiger partial charge in [0.25, 0.3) is 5.91 Å². The van der Waals surface area contributed by atoms with Crippen molar-refractivity contribution in [3.63, 3.8) is 0 Å². The summed E-state index contributed by atoms with van der Waals surface area (Å²) < 4.78 is 5.87. The molecule has 1 amide bonds. The fourth-order valence-corrected chi connectivity index (χ4v) is 4.53. The van der Waals surface area contributed by atoms with Crippen LogP contribution in [-0.2, 0) is 6.61 Å². The summed E-state index contributed by atoms with van der Waals surface area (Å²) in [6.07, 6.45) is 0. The van der Waals surface area contributed by atoms with E-state index in [9.17, 15) is 4.79 Å². The molecule has 3 nitrogen and oxygen atoms in total. The molecule has 1 aliphatic heterocycles. The molecule has 3 aromatic rings. The van der Waals surface area contributed by atoms with E-state index in [4.69, 9.17) is 4.74 Å². The van der Waals surface area contributed by atoms with Crippen LogP contribution in [0.1, 0.15) is 26.4 Å². The average Bonchev–Trinajstić information content (AvgIpc) is 3.05. The lowest BCUT2D eigenvalue weighted by atomic mass is 10.0. The van der Waals surface area contributed by atoms with Crippen LogP contribution in [0, 0.1) is 13.8 Å². The summed E-state index contributed by atoms with van der Waals surface area (Å²) in [5, 5.41) is 0. The lowest BCUT2D eigenvalue weighted by molar-refractivity contribution is 0.0996. The highest BCUT2D eigenvalue weighted by Crippen LogP contribution is 2.44. The molecule has 0 radical (unpaired) electrons. The molecule has 4 heteroatoms. The smallest absolute Gasteiger partial charge is 0.268 e. The Labute approximate surface area is 151 Å². The van der Waals surface area contributed by atoms with Gasteiger partial charge in [0.2, 0.25) is 0 Å². The maximum absolute atomic E-state index is 13.0. The number of ether oxygens (including phenoxy) is 1. The molecular weight excluding hydrogens is 330 g/mol. The Morgan fingerprint density at radius 1 is 1.08 bits per heavy atom. The van der Waals surface area contributed by atoms with Crippen molar-refractivity contribution in [2.75, 3.05) is 11.9 Å². The first kappa shape index (κ1) is 15.9. The molecule has 0 saturated carbocycles. The minimum Gasteiger partial charge on any atom is -0.488 e. The third-order valence-corrected chi connectivity index (χ3v) is 5.83. The second-order valence-electron chi connectivity index (χ2n) is 6.35. The van der Waals surface area contributed by atoms with E-state index in [0.717, 1.165) is 37.9 Å². The van der Waals surface area contributed by atoms with Gasteiger partial charge in [-0.05, 0) is 43.2 Å². The zero-order chi connectivity index (χ0) is 17.6. The zero-order valence-corrected chi connectivity index (χ0v) is 15.3. The first-order valence-corrected chi connectivity index (χ1v) is 9.07. The Hall–Kier alpha value is -2.59. The van der Waals surface area contributed by atoms with Crippen LogP contribution in [0.3, 0.4) is 0 Å². The number of hydrogen-bond donors (Lipinski definition) is 0. The van der Waals surface area contributed by atoms with Crippen molar-refractivity contribution in [3.05, 3.63) is 70.1 Å². The average molecular weight is 349 g/mol. The number of carbonyl (C=O) groups excluding carboxylic acids is 1. The molecule has 0 N–H and O–H groups in total. The first-order valence-electron chi connectivity index (χ1n) is 8.25. The molecule has 0 fully saturated rings. The Morgan fingerprint density at radius 3 is 2.64 bits per heavy atom. The summed E-state index contributed by atoms with van der Waals surface area (Å²) in [4.78, 5) is 16.6. The molecule has 0 atom stereocenters. The summed E-state index contributed by atoms with van der Waals surface area (Å²) >= 11 is 1.56. The molecule has 25 heavy (non-hydrogen) atoms. The van der Waals surface area contributed by atoms with E-state index in [0.29, 0.717) is 6.61 Å². The number of para-hydroxylation sites is 1. The molecule has 1 aromatic heterocycles. The van der Waals surface area contributed by atoms with Crippen LogP contribution in [0.4, 0.5) is 5.69 Å². The van der Waals surface area contributed by atoms with Crippen molar-refractivity contribution in [1.29, 1.82) is 0 Å². The Morgan fingerprint density at radius 2 is 1.84 bits per heavy atom. The van der Waals surface area contributed by atoms with Crippen molar-refractivity contribution in [2.45, 2.75) is 20.5 Å². The van der Waals surface area contributed by atoms with Gasteiger partial charge in [-0.15, -0.1) is 11.3 Å². The van der Waals surface area contributed by atoms with Crippen molar-refractivity contribution in [3.8, 4) is 16.2 Å². The lowest BCUT2D eigenvalue weighted by Gasteiger charge is -2.19. The minimum atomic E-state index is 0.0174. The number of thiophene rings is 1.